The molecule has 246 valence electrons. The first-order valence-electron chi connectivity index (χ1n) is 13.5. The molecule has 1 aliphatic heterocycles. The Hall–Kier alpha value is -3.80. The van der Waals surface area contributed by atoms with Crippen molar-refractivity contribution in [2.75, 3.05) is 0 Å². The maximum Gasteiger partial charge on any atom is 0.332 e. The third-order valence-electron chi connectivity index (χ3n) is 5.06. The number of hydrogen-bond donors (Lipinski definition) is 7. The molecule has 18 heteroatoms. The molecule has 1 aliphatic rings. The zero-order valence-corrected chi connectivity index (χ0v) is 25.7. The highest BCUT2D eigenvalue weighted by molar-refractivity contribution is 6.59. The van der Waals surface area contributed by atoms with Gasteiger partial charge in [-0.1, -0.05) is 30.3 Å². The van der Waals surface area contributed by atoms with Crippen molar-refractivity contribution in [2.24, 2.45) is 33.8 Å². The molecule has 0 aromatic heterocycles. The number of aliphatic hydroxyl groups excluding tert-OH is 1. The van der Waals surface area contributed by atoms with Crippen LogP contribution in [0, 0.1) is 0 Å². The number of carbonyl (C=O) groups is 6. The smallest absolute Gasteiger partial charge is 0.332 e. The number of rotatable bonds is 13. The van der Waals surface area contributed by atoms with Gasteiger partial charge in [-0.25, -0.2) is 10.2 Å². The summed E-state index contributed by atoms with van der Waals surface area (Å²) in [7, 11) is 9.73. The normalized spacial score (nSPS) is 17.7. The third-order valence-corrected chi connectivity index (χ3v) is 5.06. The van der Waals surface area contributed by atoms with Crippen LogP contribution in [-0.2, 0) is 40.1 Å². The number of esters is 1. The molecule has 16 nitrogen and oxygen atoms in total. The van der Waals surface area contributed by atoms with Crippen LogP contribution in [0.3, 0.4) is 0 Å². The Bertz CT molecular complexity index is 1110. The number of primary amides is 1. The number of benzene rings is 1. The van der Waals surface area contributed by atoms with E-state index >= 15 is 0 Å². The molecule has 1 aromatic rings. The summed E-state index contributed by atoms with van der Waals surface area (Å²) in [5.74, 6) is -0.512. The third kappa shape index (κ3) is 26.3. The molecule has 0 aliphatic carbocycles. The second-order valence-corrected chi connectivity index (χ2v) is 9.82. The number of cyclic esters (lactones) is 1. The quantitative estimate of drug-likeness (QED) is 0.0514. The summed E-state index contributed by atoms with van der Waals surface area (Å²) in [5.41, 5.74) is 28.5. The lowest BCUT2D eigenvalue weighted by Gasteiger charge is -2.14. The molecule has 0 saturated carbocycles. The second-order valence-electron chi connectivity index (χ2n) is 9.82. The van der Waals surface area contributed by atoms with Crippen LogP contribution >= 0.6 is 0 Å². The summed E-state index contributed by atoms with van der Waals surface area (Å²) in [5, 5.41) is 12.0. The Labute approximate surface area is 265 Å². The van der Waals surface area contributed by atoms with E-state index < -0.39 is 42.1 Å². The molecule has 2 rings (SSSR count). The minimum atomic E-state index is -1.09. The van der Waals surface area contributed by atoms with Gasteiger partial charge in [0.2, 0.25) is 6.29 Å². The maximum atomic E-state index is 10.9. The Balaban J connectivity index is 0. The number of carbonyl (C=O) groups excluding carboxylic acids is 6. The number of ether oxygens (including phenoxy) is 2. The summed E-state index contributed by atoms with van der Waals surface area (Å²) in [4.78, 5) is 62.2. The van der Waals surface area contributed by atoms with Gasteiger partial charge in [-0.2, -0.15) is 5.10 Å². The Morgan fingerprint density at radius 3 is 1.93 bits per heavy atom. The number of Topliss-reactive ketones (excluding diaryl/α,β-unsaturated/α-hetero) is 3. The van der Waals surface area contributed by atoms with E-state index in [1.54, 1.807) is 0 Å². The molecule has 6 unspecified atom stereocenters. The fraction of sp³-hybridized carbons (Fsp3) is 0.519. The average Bonchev–Trinajstić information content (AvgIpc) is 3.24. The summed E-state index contributed by atoms with van der Waals surface area (Å²) in [6, 6.07) is 5.57. The molecular weight excluding hydrogens is 588 g/mol. The van der Waals surface area contributed by atoms with Crippen LogP contribution < -0.4 is 34.1 Å². The van der Waals surface area contributed by atoms with E-state index in [2.05, 4.69) is 5.10 Å². The molecule has 1 saturated heterocycles. The molecule has 2 amide bonds. The molecule has 6 atom stereocenters. The van der Waals surface area contributed by atoms with Crippen molar-refractivity contribution in [1.29, 1.82) is 0 Å². The minimum Gasteiger partial charge on any atom is -0.434 e. The zero-order chi connectivity index (χ0) is 35.1. The van der Waals surface area contributed by atoms with Gasteiger partial charge in [0.25, 0.3) is 0 Å². The van der Waals surface area contributed by atoms with Crippen molar-refractivity contribution in [1.82, 2.24) is 5.43 Å². The lowest BCUT2D eigenvalue weighted by molar-refractivity contribution is -0.166. The molecular formula is C27H43B2N7O9. The van der Waals surface area contributed by atoms with Gasteiger partial charge in [-0.05, 0) is 26.3 Å². The van der Waals surface area contributed by atoms with Crippen molar-refractivity contribution in [3.8, 4) is 0 Å². The number of urea groups is 1. The second kappa shape index (κ2) is 24.5. The molecule has 4 radical (unpaired) electrons. The van der Waals surface area contributed by atoms with Crippen LogP contribution in [0.5, 0.6) is 0 Å². The SMILES string of the molecule is CC(=O)CC(N)/C=N/NC(N)=O.NC1CC(=O)OC1OCc1ccccc1.[B]C(=O)C(N)CC(C)=O.[B]C(O)C(N)CC(C)=O. The van der Waals surface area contributed by atoms with Gasteiger partial charge in [-0.3, -0.25) is 19.2 Å². The van der Waals surface area contributed by atoms with Crippen LogP contribution in [0.25, 0.3) is 0 Å². The van der Waals surface area contributed by atoms with E-state index in [9.17, 15) is 28.8 Å². The summed E-state index contributed by atoms with van der Waals surface area (Å²) in [6.45, 7) is 4.60. The van der Waals surface area contributed by atoms with E-state index in [0.29, 0.717) is 6.61 Å². The van der Waals surface area contributed by atoms with Crippen LogP contribution in [0.2, 0.25) is 0 Å². The number of nitrogens with one attached hydrogen (secondary N) is 1. The van der Waals surface area contributed by atoms with Gasteiger partial charge in [0.15, 0.2) is 7.85 Å². The van der Waals surface area contributed by atoms with Crippen molar-refractivity contribution in [3.63, 3.8) is 0 Å². The van der Waals surface area contributed by atoms with Crippen LogP contribution in [-0.4, -0.2) is 98.5 Å². The van der Waals surface area contributed by atoms with Gasteiger partial charge in [0.1, 0.15) is 25.2 Å². The maximum absolute atomic E-state index is 10.9. The zero-order valence-electron chi connectivity index (χ0n) is 25.7. The van der Waals surface area contributed by atoms with Crippen molar-refractivity contribution < 1.29 is 43.3 Å². The van der Waals surface area contributed by atoms with Gasteiger partial charge < -0.3 is 48.0 Å². The number of nitrogens with zero attached hydrogens (tertiary/aromatic N) is 1. The van der Waals surface area contributed by atoms with E-state index in [1.165, 1.54) is 27.0 Å². The van der Waals surface area contributed by atoms with E-state index in [-0.39, 0.29) is 55.0 Å². The highest BCUT2D eigenvalue weighted by Crippen LogP contribution is 2.15. The largest absolute Gasteiger partial charge is 0.434 e. The lowest BCUT2D eigenvalue weighted by atomic mass is 9.90. The molecule has 1 heterocycles. The number of nitrogens with two attached hydrogens (primary N) is 5. The van der Waals surface area contributed by atoms with Gasteiger partial charge >= 0.3 is 12.0 Å². The van der Waals surface area contributed by atoms with Crippen molar-refractivity contribution >= 4 is 56.9 Å². The van der Waals surface area contributed by atoms with E-state index in [0.717, 1.165) is 5.56 Å². The number of hydrogen-bond acceptors (Lipinski definition) is 14. The number of aliphatic hydroxyl groups is 1. The summed E-state index contributed by atoms with van der Waals surface area (Å²) in [6.07, 6.45) is 1.26. The van der Waals surface area contributed by atoms with Gasteiger partial charge in [-0.15, -0.1) is 0 Å². The number of amides is 2. The fourth-order valence-electron chi connectivity index (χ4n) is 2.91. The number of ketones is 3. The molecule has 12 N–H and O–H groups in total. The fourth-order valence-corrected chi connectivity index (χ4v) is 2.91. The molecule has 0 bridgehead atoms. The standard InChI is InChI=1S/C11H13NO3.C6H12N4O2.C5H10BNO2.C5H8BNO2/c12-9-6-10(13)15-11(9)14-7-8-4-2-1-3-5-8;1-4(11)2-5(7)3-9-10-6(8)12;2*1-3(8)2-4(7)5(6)9/h1-5,9,11H,6-7,12H2;3,5H,2,7H2,1H3,(H3,8,10,12);4-5,9H,2,7H2,1H3;4H,2,7H2,1H3/b;9-3+;;. The van der Waals surface area contributed by atoms with Crippen LogP contribution in [0.15, 0.2) is 35.4 Å². The van der Waals surface area contributed by atoms with Crippen molar-refractivity contribution in [2.45, 2.75) is 89.5 Å². The first-order valence-corrected chi connectivity index (χ1v) is 13.5. The highest BCUT2D eigenvalue weighted by atomic mass is 16.7. The van der Waals surface area contributed by atoms with Gasteiger partial charge in [0.05, 0.1) is 30.8 Å². The predicted octanol–water partition coefficient (Wildman–Crippen LogP) is -2.48. The highest BCUT2D eigenvalue weighted by Gasteiger charge is 2.32. The lowest BCUT2D eigenvalue weighted by Crippen LogP contribution is -2.36. The molecule has 1 fully saturated rings. The van der Waals surface area contributed by atoms with Crippen molar-refractivity contribution in [3.05, 3.63) is 35.9 Å². The Kier molecular flexibility index (Phi) is 23.6. The number of hydrazone groups is 1. The molecule has 45 heavy (non-hydrogen) atoms. The Morgan fingerprint density at radius 1 is 1.04 bits per heavy atom. The molecule has 0 spiro atoms. The molecule has 1 aromatic carbocycles. The van der Waals surface area contributed by atoms with Gasteiger partial charge in [0, 0.05) is 43.6 Å². The summed E-state index contributed by atoms with van der Waals surface area (Å²) >= 11 is 0. The topological polar surface area (TPSA) is 296 Å². The van der Waals surface area contributed by atoms with E-state index in [4.69, 9.17) is 58.9 Å². The minimum absolute atomic E-state index is 0.0342. The Morgan fingerprint density at radius 2 is 1.58 bits per heavy atom. The first-order chi connectivity index (χ1) is 20.8. The van der Waals surface area contributed by atoms with E-state index in [1.807, 2.05) is 35.8 Å². The first kappa shape index (κ1) is 43.3. The average molecular weight is 631 g/mol. The monoisotopic (exact) mass is 631 g/mol. The predicted molar refractivity (Wildman–Crippen MR) is 167 cm³/mol. The van der Waals surface area contributed by atoms with Crippen LogP contribution in [0.4, 0.5) is 4.79 Å². The van der Waals surface area contributed by atoms with Crippen LogP contribution in [0.1, 0.15) is 52.0 Å². The summed E-state index contributed by atoms with van der Waals surface area (Å²) < 4.78 is 10.3.